The Labute approximate surface area is 207 Å². The molecule has 193 valence electrons. The summed E-state index contributed by atoms with van der Waals surface area (Å²) < 4.78 is 5.42. The van der Waals surface area contributed by atoms with Crippen molar-refractivity contribution in [2.45, 2.75) is 83.2 Å². The SMILES string of the molecule is CCCCCCCCOC(=O)[C@H](CCCCN)NC(=O)[C@H](Cc1c[nH]cn1)NC(=O)CN.[Cu]. The van der Waals surface area contributed by atoms with Crippen molar-refractivity contribution in [2.24, 2.45) is 11.5 Å². The molecule has 1 aromatic heterocycles. The zero-order chi connectivity index (χ0) is 23.6. The zero-order valence-electron chi connectivity index (χ0n) is 19.5. The molecule has 0 aliphatic heterocycles. The maximum absolute atomic E-state index is 12.9. The first kappa shape index (κ1) is 31.1. The maximum Gasteiger partial charge on any atom is 0.328 e. The van der Waals surface area contributed by atoms with Crippen LogP contribution < -0.4 is 22.1 Å². The van der Waals surface area contributed by atoms with Crippen LogP contribution in [0.2, 0.25) is 0 Å². The summed E-state index contributed by atoms with van der Waals surface area (Å²) >= 11 is 0. The average Bonchev–Trinajstić information content (AvgIpc) is 3.30. The summed E-state index contributed by atoms with van der Waals surface area (Å²) in [5.41, 5.74) is 11.5. The molecule has 0 aromatic carbocycles. The third kappa shape index (κ3) is 14.0. The molecule has 0 saturated carbocycles. The number of ether oxygens (including phenoxy) is 1. The van der Waals surface area contributed by atoms with E-state index in [4.69, 9.17) is 16.2 Å². The molecular weight excluding hydrogens is 476 g/mol. The van der Waals surface area contributed by atoms with Crippen LogP contribution in [0.4, 0.5) is 0 Å². The Hall–Kier alpha value is -1.94. The number of H-pyrrole nitrogens is 1. The fourth-order valence-electron chi connectivity index (χ4n) is 3.24. The van der Waals surface area contributed by atoms with Gasteiger partial charge in [-0.25, -0.2) is 9.78 Å². The molecule has 0 aliphatic rings. The van der Waals surface area contributed by atoms with Gasteiger partial charge in [-0.3, -0.25) is 9.59 Å². The second-order valence-corrected chi connectivity index (χ2v) is 7.87. The van der Waals surface area contributed by atoms with Gasteiger partial charge in [0.1, 0.15) is 12.1 Å². The Morgan fingerprint density at radius 1 is 1.03 bits per heavy atom. The molecule has 10 nitrogen and oxygen atoms in total. The number of imidazole rings is 1. The van der Waals surface area contributed by atoms with Gasteiger partial charge in [0.25, 0.3) is 0 Å². The molecule has 11 heteroatoms. The van der Waals surface area contributed by atoms with Crippen LogP contribution in [-0.2, 0) is 42.6 Å². The number of hydrogen-bond acceptors (Lipinski definition) is 7. The van der Waals surface area contributed by atoms with E-state index >= 15 is 0 Å². The summed E-state index contributed by atoms with van der Waals surface area (Å²) in [6.07, 6.45) is 11.6. The molecule has 1 radical (unpaired) electrons. The Morgan fingerprint density at radius 3 is 2.39 bits per heavy atom. The molecule has 1 heterocycles. The molecule has 33 heavy (non-hydrogen) atoms. The Morgan fingerprint density at radius 2 is 1.76 bits per heavy atom. The molecule has 0 spiro atoms. The van der Waals surface area contributed by atoms with E-state index in [1.165, 1.54) is 25.6 Å². The van der Waals surface area contributed by atoms with Crippen molar-refractivity contribution in [3.05, 3.63) is 18.2 Å². The van der Waals surface area contributed by atoms with Crippen LogP contribution in [0.5, 0.6) is 0 Å². The van der Waals surface area contributed by atoms with Gasteiger partial charge in [-0.15, -0.1) is 0 Å². The molecule has 0 unspecified atom stereocenters. The summed E-state index contributed by atoms with van der Waals surface area (Å²) in [6.45, 7) is 2.75. The number of esters is 1. The minimum Gasteiger partial charge on any atom is -0.464 e. The molecule has 0 aliphatic carbocycles. The third-order valence-electron chi connectivity index (χ3n) is 5.10. The van der Waals surface area contributed by atoms with Crippen LogP contribution in [0.1, 0.15) is 70.4 Å². The standard InChI is InChI=1S/C22H40N6O4.Cu/c1-2-3-4-5-6-9-12-32-22(31)18(10-7-8-11-23)28-21(30)19(27-20(29)14-24)13-17-15-25-16-26-17;/h15-16,18-19H,2-14,23-24H2,1H3,(H,25,26)(H,27,29)(H,28,30);/t18-,19-;/m0./s1. The van der Waals surface area contributed by atoms with E-state index in [-0.39, 0.29) is 30.0 Å². The first-order chi connectivity index (χ1) is 15.5. The minimum atomic E-state index is -0.905. The van der Waals surface area contributed by atoms with Gasteiger partial charge in [0.15, 0.2) is 0 Å². The molecular formula is C22H40CuN6O4. The third-order valence-corrected chi connectivity index (χ3v) is 5.10. The van der Waals surface area contributed by atoms with Crippen molar-refractivity contribution >= 4 is 17.8 Å². The fraction of sp³-hybridized carbons (Fsp3) is 0.727. The number of nitrogens with zero attached hydrogens (tertiary/aromatic N) is 1. The molecule has 0 saturated heterocycles. The van der Waals surface area contributed by atoms with E-state index < -0.39 is 29.9 Å². The number of carbonyl (C=O) groups excluding carboxylic acids is 3. The maximum atomic E-state index is 12.9. The van der Waals surface area contributed by atoms with Crippen molar-refractivity contribution in [1.29, 1.82) is 0 Å². The van der Waals surface area contributed by atoms with Crippen LogP contribution in [0.25, 0.3) is 0 Å². The van der Waals surface area contributed by atoms with Crippen LogP contribution >= 0.6 is 0 Å². The number of carbonyl (C=O) groups is 3. The molecule has 1 aromatic rings. The van der Waals surface area contributed by atoms with Gasteiger partial charge in [-0.2, -0.15) is 0 Å². The van der Waals surface area contributed by atoms with E-state index in [2.05, 4.69) is 27.5 Å². The zero-order valence-corrected chi connectivity index (χ0v) is 20.5. The molecule has 7 N–H and O–H groups in total. The van der Waals surface area contributed by atoms with E-state index in [1.54, 1.807) is 6.20 Å². The molecule has 2 amide bonds. The van der Waals surface area contributed by atoms with Gasteiger partial charge < -0.3 is 31.8 Å². The smallest absolute Gasteiger partial charge is 0.328 e. The van der Waals surface area contributed by atoms with E-state index in [9.17, 15) is 14.4 Å². The predicted molar refractivity (Wildman–Crippen MR) is 122 cm³/mol. The second kappa shape index (κ2) is 19.5. The number of nitrogens with two attached hydrogens (primary N) is 2. The monoisotopic (exact) mass is 515 g/mol. The number of unbranched alkanes of at least 4 members (excludes halogenated alkanes) is 6. The van der Waals surface area contributed by atoms with Crippen molar-refractivity contribution in [2.75, 3.05) is 19.7 Å². The molecule has 0 fully saturated rings. The molecule has 2 atom stereocenters. The van der Waals surface area contributed by atoms with Gasteiger partial charge in [-0.05, 0) is 32.2 Å². The van der Waals surface area contributed by atoms with E-state index in [1.807, 2.05) is 0 Å². The number of aromatic amines is 1. The van der Waals surface area contributed by atoms with Gasteiger partial charge in [-0.1, -0.05) is 39.0 Å². The summed E-state index contributed by atoms with van der Waals surface area (Å²) in [5.74, 6) is -1.41. The van der Waals surface area contributed by atoms with Gasteiger partial charge in [0.2, 0.25) is 11.8 Å². The number of hydrogen-bond donors (Lipinski definition) is 5. The normalized spacial score (nSPS) is 12.3. The second-order valence-electron chi connectivity index (χ2n) is 7.87. The summed E-state index contributed by atoms with van der Waals surface area (Å²) in [6, 6.07) is -1.71. The number of amides is 2. The summed E-state index contributed by atoms with van der Waals surface area (Å²) in [5, 5.41) is 5.33. The molecule has 1 rings (SSSR count). The summed E-state index contributed by atoms with van der Waals surface area (Å²) in [7, 11) is 0. The van der Waals surface area contributed by atoms with Crippen molar-refractivity contribution in [3.8, 4) is 0 Å². The molecule has 0 bridgehead atoms. The Balaban J connectivity index is 0.0000102. The minimum absolute atomic E-state index is 0. The topological polar surface area (TPSA) is 165 Å². The van der Waals surface area contributed by atoms with Crippen LogP contribution in [0, 0.1) is 0 Å². The number of aromatic nitrogens is 2. The number of nitrogens with one attached hydrogen (secondary N) is 3. The van der Waals surface area contributed by atoms with Crippen molar-refractivity contribution in [3.63, 3.8) is 0 Å². The van der Waals surface area contributed by atoms with Crippen LogP contribution in [-0.4, -0.2) is 59.5 Å². The first-order valence-electron chi connectivity index (χ1n) is 11.7. The van der Waals surface area contributed by atoms with Crippen LogP contribution in [0.15, 0.2) is 12.5 Å². The Kier molecular flexibility index (Phi) is 18.4. The van der Waals surface area contributed by atoms with Gasteiger partial charge in [0.05, 0.1) is 25.2 Å². The largest absolute Gasteiger partial charge is 0.464 e. The predicted octanol–water partition coefficient (Wildman–Crippen LogP) is 0.911. The summed E-state index contributed by atoms with van der Waals surface area (Å²) in [4.78, 5) is 44.3. The Bertz CT molecular complexity index is 659. The van der Waals surface area contributed by atoms with Crippen LogP contribution in [0.3, 0.4) is 0 Å². The fourth-order valence-corrected chi connectivity index (χ4v) is 3.24. The van der Waals surface area contributed by atoms with Gasteiger partial charge >= 0.3 is 5.97 Å². The average molecular weight is 516 g/mol. The van der Waals surface area contributed by atoms with Gasteiger partial charge in [0, 0.05) is 29.7 Å². The first-order valence-corrected chi connectivity index (χ1v) is 11.7. The number of rotatable bonds is 18. The van der Waals surface area contributed by atoms with Crippen molar-refractivity contribution in [1.82, 2.24) is 20.6 Å². The van der Waals surface area contributed by atoms with Crippen molar-refractivity contribution < 1.29 is 36.2 Å². The van der Waals surface area contributed by atoms with E-state index in [0.29, 0.717) is 31.7 Å². The van der Waals surface area contributed by atoms with E-state index in [0.717, 1.165) is 25.7 Å². The quantitative estimate of drug-likeness (QED) is 0.110.